The largest absolute Gasteiger partial charge is 0.273 e. The summed E-state index contributed by atoms with van der Waals surface area (Å²) in [5.41, 5.74) is 7.12. The predicted molar refractivity (Wildman–Crippen MR) is 53.1 cm³/mol. The Morgan fingerprint density at radius 1 is 1.31 bits per heavy atom. The molecule has 0 atom stereocenters. The zero-order chi connectivity index (χ0) is 9.73. The summed E-state index contributed by atoms with van der Waals surface area (Å²) in [4.78, 5) is 11.3. The van der Waals surface area contributed by atoms with E-state index in [9.17, 15) is 4.79 Å². The smallest absolute Gasteiger partial charge is 0.244 e. The highest BCUT2D eigenvalue weighted by atomic mass is 16.1. The molecule has 1 aliphatic carbocycles. The number of nitrogens with one attached hydrogen (secondary N) is 1. The van der Waals surface area contributed by atoms with Gasteiger partial charge in [0.2, 0.25) is 5.91 Å². The summed E-state index contributed by atoms with van der Waals surface area (Å²) in [5, 5.41) is 0. The van der Waals surface area contributed by atoms with E-state index in [0.717, 1.165) is 44.9 Å². The molecule has 1 amide bonds. The van der Waals surface area contributed by atoms with Gasteiger partial charge in [0.25, 0.3) is 0 Å². The molecule has 1 N–H and O–H groups in total. The van der Waals surface area contributed by atoms with Gasteiger partial charge in [-0.1, -0.05) is 39.0 Å². The standard InChI is InChI=1S/C11H20NO/c1-2-3-7-11(10(12)13)8-5-4-6-9-11/h12H,2-9H2,1H3. The molecule has 1 radical (unpaired) electrons. The Balaban J connectivity index is 2.56. The lowest BCUT2D eigenvalue weighted by Gasteiger charge is -2.33. The van der Waals surface area contributed by atoms with Gasteiger partial charge in [0.1, 0.15) is 0 Å². The van der Waals surface area contributed by atoms with E-state index in [1.807, 2.05) is 0 Å². The van der Waals surface area contributed by atoms with E-state index in [4.69, 9.17) is 5.73 Å². The van der Waals surface area contributed by atoms with Gasteiger partial charge in [0.15, 0.2) is 0 Å². The predicted octanol–water partition coefficient (Wildman–Crippen LogP) is 2.94. The van der Waals surface area contributed by atoms with Crippen LogP contribution in [0.1, 0.15) is 58.3 Å². The van der Waals surface area contributed by atoms with Crippen LogP contribution < -0.4 is 5.73 Å². The Kier molecular flexibility index (Phi) is 3.76. The number of amides is 1. The van der Waals surface area contributed by atoms with E-state index in [2.05, 4.69) is 6.92 Å². The van der Waals surface area contributed by atoms with Gasteiger partial charge in [-0.25, -0.2) is 0 Å². The monoisotopic (exact) mass is 182 g/mol. The maximum atomic E-state index is 11.3. The van der Waals surface area contributed by atoms with Crippen LogP contribution in [-0.4, -0.2) is 5.91 Å². The van der Waals surface area contributed by atoms with Crippen LogP contribution in [0.5, 0.6) is 0 Å². The van der Waals surface area contributed by atoms with Gasteiger partial charge in [0, 0.05) is 0 Å². The van der Waals surface area contributed by atoms with Crippen LogP contribution in [0.4, 0.5) is 0 Å². The molecule has 0 saturated heterocycles. The third-order valence-corrected chi connectivity index (χ3v) is 3.30. The van der Waals surface area contributed by atoms with Gasteiger partial charge in [0.05, 0.1) is 5.41 Å². The summed E-state index contributed by atoms with van der Waals surface area (Å²) in [5.74, 6) is -0.305. The zero-order valence-corrected chi connectivity index (χ0v) is 8.57. The highest BCUT2D eigenvalue weighted by Gasteiger charge is 2.37. The Hall–Kier alpha value is -0.530. The van der Waals surface area contributed by atoms with Crippen molar-refractivity contribution in [1.29, 1.82) is 0 Å². The molecular weight excluding hydrogens is 162 g/mol. The fraction of sp³-hybridized carbons (Fsp3) is 0.909. The second kappa shape index (κ2) is 4.64. The zero-order valence-electron chi connectivity index (χ0n) is 8.57. The molecule has 1 saturated carbocycles. The second-order valence-corrected chi connectivity index (χ2v) is 4.27. The maximum Gasteiger partial charge on any atom is 0.244 e. The fourth-order valence-electron chi connectivity index (χ4n) is 2.33. The Morgan fingerprint density at radius 2 is 1.92 bits per heavy atom. The van der Waals surface area contributed by atoms with Gasteiger partial charge in [-0.2, -0.15) is 0 Å². The van der Waals surface area contributed by atoms with E-state index in [-0.39, 0.29) is 11.3 Å². The van der Waals surface area contributed by atoms with Crippen molar-refractivity contribution in [1.82, 2.24) is 5.73 Å². The lowest BCUT2D eigenvalue weighted by molar-refractivity contribution is -0.130. The Morgan fingerprint density at radius 3 is 2.38 bits per heavy atom. The Labute approximate surface area is 80.9 Å². The molecule has 0 aromatic carbocycles. The highest BCUT2D eigenvalue weighted by molar-refractivity contribution is 5.80. The van der Waals surface area contributed by atoms with E-state index in [0.29, 0.717) is 0 Å². The summed E-state index contributed by atoms with van der Waals surface area (Å²) in [6, 6.07) is 0. The fourth-order valence-corrected chi connectivity index (χ4v) is 2.33. The molecule has 0 aromatic rings. The topological polar surface area (TPSA) is 40.9 Å². The molecule has 1 aliphatic rings. The third kappa shape index (κ3) is 2.45. The molecular formula is C11H20NO. The number of unbranched alkanes of at least 4 members (excludes halogenated alkanes) is 1. The minimum atomic E-state index is -0.305. The molecule has 0 aliphatic heterocycles. The minimum absolute atomic E-state index is 0.242. The Bertz CT molecular complexity index is 171. The summed E-state index contributed by atoms with van der Waals surface area (Å²) in [6.45, 7) is 2.14. The van der Waals surface area contributed by atoms with Crippen molar-refractivity contribution in [3.05, 3.63) is 0 Å². The maximum absolute atomic E-state index is 11.3. The molecule has 0 heterocycles. The molecule has 0 unspecified atom stereocenters. The van der Waals surface area contributed by atoms with Crippen LogP contribution in [0.25, 0.3) is 0 Å². The highest BCUT2D eigenvalue weighted by Crippen LogP contribution is 2.40. The normalized spacial score (nSPS) is 21.3. The van der Waals surface area contributed by atoms with Crippen LogP contribution in [0.15, 0.2) is 0 Å². The quantitative estimate of drug-likeness (QED) is 0.659. The minimum Gasteiger partial charge on any atom is -0.273 e. The molecule has 1 rings (SSSR count). The SMILES string of the molecule is CCCCC1(C([NH])=O)CCCCC1. The van der Waals surface area contributed by atoms with Crippen molar-refractivity contribution in [3.8, 4) is 0 Å². The van der Waals surface area contributed by atoms with Crippen LogP contribution in [0, 0.1) is 5.41 Å². The van der Waals surface area contributed by atoms with Crippen molar-refractivity contribution in [2.45, 2.75) is 58.3 Å². The van der Waals surface area contributed by atoms with E-state index < -0.39 is 0 Å². The van der Waals surface area contributed by atoms with Crippen LogP contribution in [0.2, 0.25) is 0 Å². The third-order valence-electron chi connectivity index (χ3n) is 3.30. The average molecular weight is 182 g/mol. The van der Waals surface area contributed by atoms with Crippen molar-refractivity contribution >= 4 is 5.91 Å². The average Bonchev–Trinajstić information content (AvgIpc) is 2.16. The van der Waals surface area contributed by atoms with Crippen LogP contribution >= 0.6 is 0 Å². The first kappa shape index (κ1) is 10.6. The molecule has 75 valence electrons. The molecule has 0 spiro atoms. The number of carbonyl (C=O) groups excluding carboxylic acids is 1. The second-order valence-electron chi connectivity index (χ2n) is 4.27. The number of hydrogen-bond donors (Lipinski definition) is 0. The van der Waals surface area contributed by atoms with Gasteiger partial charge in [-0.15, -0.1) is 0 Å². The van der Waals surface area contributed by atoms with Crippen LogP contribution in [0.3, 0.4) is 0 Å². The summed E-state index contributed by atoms with van der Waals surface area (Å²) >= 11 is 0. The summed E-state index contributed by atoms with van der Waals surface area (Å²) in [6.07, 6.45) is 8.67. The van der Waals surface area contributed by atoms with Crippen molar-refractivity contribution in [3.63, 3.8) is 0 Å². The molecule has 0 aromatic heterocycles. The van der Waals surface area contributed by atoms with E-state index >= 15 is 0 Å². The summed E-state index contributed by atoms with van der Waals surface area (Å²) in [7, 11) is 0. The summed E-state index contributed by atoms with van der Waals surface area (Å²) < 4.78 is 0. The van der Waals surface area contributed by atoms with E-state index in [1.54, 1.807) is 0 Å². The van der Waals surface area contributed by atoms with E-state index in [1.165, 1.54) is 6.42 Å². The first-order chi connectivity index (χ1) is 6.21. The lowest BCUT2D eigenvalue weighted by atomic mass is 9.70. The molecule has 13 heavy (non-hydrogen) atoms. The number of rotatable bonds is 4. The van der Waals surface area contributed by atoms with Crippen LogP contribution in [-0.2, 0) is 4.79 Å². The molecule has 1 fully saturated rings. The van der Waals surface area contributed by atoms with Crippen molar-refractivity contribution in [2.75, 3.05) is 0 Å². The van der Waals surface area contributed by atoms with Gasteiger partial charge in [-0.05, 0) is 19.3 Å². The first-order valence-electron chi connectivity index (χ1n) is 5.47. The van der Waals surface area contributed by atoms with Gasteiger partial charge in [-0.3, -0.25) is 10.5 Å². The molecule has 2 heteroatoms. The first-order valence-corrected chi connectivity index (χ1v) is 5.47. The number of carbonyl (C=O) groups is 1. The van der Waals surface area contributed by atoms with Crippen molar-refractivity contribution < 1.29 is 4.79 Å². The van der Waals surface area contributed by atoms with Gasteiger partial charge >= 0.3 is 0 Å². The van der Waals surface area contributed by atoms with Crippen molar-refractivity contribution in [2.24, 2.45) is 5.41 Å². The number of hydrogen-bond acceptors (Lipinski definition) is 1. The lowest BCUT2D eigenvalue weighted by Crippen LogP contribution is -2.34. The molecule has 2 nitrogen and oxygen atoms in total. The van der Waals surface area contributed by atoms with Gasteiger partial charge < -0.3 is 0 Å². The molecule has 0 bridgehead atoms.